The average Bonchev–Trinajstić information content (AvgIpc) is 2.47. The first-order chi connectivity index (χ1) is 9.74. The number of nitrogens with zero attached hydrogens (tertiary/aromatic N) is 2. The van der Waals surface area contributed by atoms with Crippen molar-refractivity contribution >= 4 is 17.0 Å². The summed E-state index contributed by atoms with van der Waals surface area (Å²) in [6.45, 7) is 1.38. The number of carbonyl (C=O) groups excluding carboxylic acids is 1. The molecule has 4 heteroatoms. The number of hydrogen-bond donors (Lipinski definition) is 0. The summed E-state index contributed by atoms with van der Waals surface area (Å²) in [5, 5.41) is 0.973. The number of para-hydroxylation sites is 1. The summed E-state index contributed by atoms with van der Waals surface area (Å²) in [5.74, 6) is 0.152. The Labute approximate surface area is 116 Å². The van der Waals surface area contributed by atoms with Crippen LogP contribution >= 0.6 is 0 Å². The molecule has 0 amide bonds. The highest BCUT2D eigenvalue weighted by Crippen LogP contribution is 2.29. The molecule has 0 radical (unpaired) electrons. The number of rotatable bonds is 2. The summed E-state index contributed by atoms with van der Waals surface area (Å²) in [6, 6.07) is 15.0. The van der Waals surface area contributed by atoms with Gasteiger partial charge in [-0.2, -0.15) is 0 Å². The van der Waals surface area contributed by atoms with Crippen LogP contribution < -0.4 is 4.74 Å². The van der Waals surface area contributed by atoms with Crippen molar-refractivity contribution < 1.29 is 9.53 Å². The third-order valence-electron chi connectivity index (χ3n) is 2.88. The van der Waals surface area contributed by atoms with E-state index in [4.69, 9.17) is 4.74 Å². The topological polar surface area (TPSA) is 52.1 Å². The van der Waals surface area contributed by atoms with Gasteiger partial charge in [0.05, 0.1) is 5.69 Å². The maximum Gasteiger partial charge on any atom is 0.308 e. The number of pyridine rings is 2. The van der Waals surface area contributed by atoms with Gasteiger partial charge in [0, 0.05) is 24.1 Å². The van der Waals surface area contributed by atoms with Gasteiger partial charge in [-0.3, -0.25) is 4.79 Å². The van der Waals surface area contributed by atoms with Crippen molar-refractivity contribution in [1.82, 2.24) is 9.97 Å². The fourth-order valence-corrected chi connectivity index (χ4v) is 2.03. The number of aromatic nitrogens is 2. The number of esters is 1. The second kappa shape index (κ2) is 5.09. The Hall–Kier alpha value is -2.75. The molecule has 0 spiro atoms. The van der Waals surface area contributed by atoms with E-state index in [2.05, 4.69) is 9.97 Å². The van der Waals surface area contributed by atoms with Gasteiger partial charge in [-0.25, -0.2) is 9.97 Å². The highest BCUT2D eigenvalue weighted by atomic mass is 16.5. The molecular formula is C16H12N2O2. The number of benzene rings is 1. The van der Waals surface area contributed by atoms with E-state index in [0.29, 0.717) is 11.4 Å². The normalized spacial score (nSPS) is 10.4. The van der Waals surface area contributed by atoms with Crippen LogP contribution in [0.3, 0.4) is 0 Å². The van der Waals surface area contributed by atoms with E-state index in [0.717, 1.165) is 16.6 Å². The molecule has 2 aromatic heterocycles. The van der Waals surface area contributed by atoms with E-state index >= 15 is 0 Å². The van der Waals surface area contributed by atoms with Crippen LogP contribution in [0.1, 0.15) is 6.92 Å². The zero-order valence-corrected chi connectivity index (χ0v) is 10.9. The van der Waals surface area contributed by atoms with Crippen LogP contribution in [0, 0.1) is 0 Å². The van der Waals surface area contributed by atoms with Crippen LogP contribution in [0.25, 0.3) is 22.3 Å². The Balaban J connectivity index is 2.13. The molecule has 0 atom stereocenters. The van der Waals surface area contributed by atoms with E-state index in [-0.39, 0.29) is 5.97 Å². The van der Waals surface area contributed by atoms with Gasteiger partial charge in [-0.1, -0.05) is 12.1 Å². The molecule has 0 aliphatic rings. The minimum atomic E-state index is -0.351. The van der Waals surface area contributed by atoms with Crippen molar-refractivity contribution in [2.75, 3.05) is 0 Å². The zero-order chi connectivity index (χ0) is 13.9. The molecule has 3 rings (SSSR count). The fourth-order valence-electron chi connectivity index (χ4n) is 2.03. The van der Waals surface area contributed by atoms with E-state index in [1.165, 1.54) is 6.92 Å². The van der Waals surface area contributed by atoms with Crippen LogP contribution in [0.5, 0.6) is 5.75 Å². The molecule has 1 aromatic carbocycles. The average molecular weight is 264 g/mol. The van der Waals surface area contributed by atoms with Crippen LogP contribution in [0.2, 0.25) is 0 Å². The lowest BCUT2D eigenvalue weighted by molar-refractivity contribution is -0.131. The standard InChI is InChI=1S/C16H12N2O2/c1-11(19)20-15-7-3-2-6-13(15)14-9-8-12-5-4-10-17-16(12)18-14/h2-10H,1H3. The van der Waals surface area contributed by atoms with Crippen LogP contribution in [0.15, 0.2) is 54.7 Å². The lowest BCUT2D eigenvalue weighted by Gasteiger charge is -2.08. The second-order valence-corrected chi connectivity index (χ2v) is 4.34. The molecule has 3 aromatic rings. The Morgan fingerprint density at radius 2 is 1.90 bits per heavy atom. The van der Waals surface area contributed by atoms with Crippen molar-refractivity contribution in [1.29, 1.82) is 0 Å². The Bertz CT molecular complexity index is 784. The summed E-state index contributed by atoms with van der Waals surface area (Å²) >= 11 is 0. The molecule has 0 fully saturated rings. The van der Waals surface area contributed by atoms with Crippen LogP contribution in [-0.4, -0.2) is 15.9 Å². The van der Waals surface area contributed by atoms with E-state index in [1.54, 1.807) is 12.3 Å². The highest BCUT2D eigenvalue weighted by Gasteiger charge is 2.09. The SMILES string of the molecule is CC(=O)Oc1ccccc1-c1ccc2cccnc2n1. The fraction of sp³-hybridized carbons (Fsp3) is 0.0625. The van der Waals surface area contributed by atoms with Crippen molar-refractivity contribution in [3.63, 3.8) is 0 Å². The maximum atomic E-state index is 11.2. The number of ether oxygens (including phenoxy) is 1. The van der Waals surface area contributed by atoms with Gasteiger partial charge >= 0.3 is 5.97 Å². The third-order valence-corrected chi connectivity index (χ3v) is 2.88. The third kappa shape index (κ3) is 2.36. The van der Waals surface area contributed by atoms with Crippen molar-refractivity contribution in [2.45, 2.75) is 6.92 Å². The number of fused-ring (bicyclic) bond motifs is 1. The molecule has 0 unspecified atom stereocenters. The second-order valence-electron chi connectivity index (χ2n) is 4.34. The molecule has 4 nitrogen and oxygen atoms in total. The van der Waals surface area contributed by atoms with E-state index < -0.39 is 0 Å². The van der Waals surface area contributed by atoms with Gasteiger partial charge < -0.3 is 4.74 Å². The summed E-state index contributed by atoms with van der Waals surface area (Å²) in [7, 11) is 0. The van der Waals surface area contributed by atoms with Crippen molar-refractivity contribution in [3.8, 4) is 17.0 Å². The van der Waals surface area contributed by atoms with Crippen molar-refractivity contribution in [3.05, 3.63) is 54.7 Å². The van der Waals surface area contributed by atoms with Gasteiger partial charge in [0.15, 0.2) is 5.65 Å². The first-order valence-electron chi connectivity index (χ1n) is 6.23. The lowest BCUT2D eigenvalue weighted by atomic mass is 10.1. The van der Waals surface area contributed by atoms with Gasteiger partial charge in [0.2, 0.25) is 0 Å². The van der Waals surface area contributed by atoms with Gasteiger partial charge in [0.25, 0.3) is 0 Å². The molecular weight excluding hydrogens is 252 g/mol. The number of hydrogen-bond acceptors (Lipinski definition) is 4. The summed E-state index contributed by atoms with van der Waals surface area (Å²) in [4.78, 5) is 19.9. The van der Waals surface area contributed by atoms with Crippen LogP contribution in [0.4, 0.5) is 0 Å². The lowest BCUT2D eigenvalue weighted by Crippen LogP contribution is -2.02. The predicted octanol–water partition coefficient (Wildman–Crippen LogP) is 3.22. The minimum absolute atomic E-state index is 0.351. The molecule has 0 bridgehead atoms. The maximum absolute atomic E-state index is 11.2. The molecule has 0 saturated carbocycles. The monoisotopic (exact) mass is 264 g/mol. The quantitative estimate of drug-likeness (QED) is 0.526. The molecule has 98 valence electrons. The largest absolute Gasteiger partial charge is 0.426 e. The molecule has 2 heterocycles. The highest BCUT2D eigenvalue weighted by molar-refractivity contribution is 5.80. The summed E-state index contributed by atoms with van der Waals surface area (Å²) < 4.78 is 5.21. The van der Waals surface area contributed by atoms with Crippen LogP contribution in [-0.2, 0) is 4.79 Å². The van der Waals surface area contributed by atoms with Gasteiger partial charge in [0.1, 0.15) is 5.75 Å². The first kappa shape index (κ1) is 12.3. The molecule has 0 aliphatic heterocycles. The Morgan fingerprint density at radius 1 is 1.05 bits per heavy atom. The molecule has 0 aliphatic carbocycles. The Kier molecular flexibility index (Phi) is 3.13. The smallest absolute Gasteiger partial charge is 0.308 e. The Morgan fingerprint density at radius 3 is 2.75 bits per heavy atom. The summed E-state index contributed by atoms with van der Waals surface area (Å²) in [6.07, 6.45) is 1.71. The molecule has 0 N–H and O–H groups in total. The van der Waals surface area contributed by atoms with E-state index in [9.17, 15) is 4.79 Å². The zero-order valence-electron chi connectivity index (χ0n) is 10.9. The minimum Gasteiger partial charge on any atom is -0.426 e. The molecule has 20 heavy (non-hydrogen) atoms. The molecule has 0 saturated heterocycles. The van der Waals surface area contributed by atoms with Gasteiger partial charge in [-0.15, -0.1) is 0 Å². The van der Waals surface area contributed by atoms with Crippen molar-refractivity contribution in [2.24, 2.45) is 0 Å². The predicted molar refractivity (Wildman–Crippen MR) is 76.3 cm³/mol. The first-order valence-corrected chi connectivity index (χ1v) is 6.23. The van der Waals surface area contributed by atoms with E-state index in [1.807, 2.05) is 42.5 Å². The number of carbonyl (C=O) groups is 1. The van der Waals surface area contributed by atoms with Gasteiger partial charge in [-0.05, 0) is 36.4 Å². The summed E-state index contributed by atoms with van der Waals surface area (Å²) in [5.41, 5.74) is 2.17.